The summed E-state index contributed by atoms with van der Waals surface area (Å²) in [6.45, 7) is 3.24. The van der Waals surface area contributed by atoms with Crippen LogP contribution in [0.3, 0.4) is 0 Å². The average Bonchev–Trinajstić information content (AvgIpc) is 2.61. The molecule has 1 heterocycles. The molecule has 16 heavy (non-hydrogen) atoms. The maximum absolute atomic E-state index is 11.8. The lowest BCUT2D eigenvalue weighted by atomic mass is 10.2. The molecule has 0 spiro atoms. The van der Waals surface area contributed by atoms with Gasteiger partial charge in [-0.2, -0.15) is 5.10 Å². The van der Waals surface area contributed by atoms with E-state index in [1.807, 2.05) is 6.92 Å². The van der Waals surface area contributed by atoms with E-state index in [4.69, 9.17) is 18.0 Å². The van der Waals surface area contributed by atoms with Crippen molar-refractivity contribution >= 4 is 17.4 Å². The lowest BCUT2D eigenvalue weighted by Crippen LogP contribution is -2.25. The molecule has 0 aliphatic carbocycles. The van der Waals surface area contributed by atoms with Gasteiger partial charge in [0.25, 0.3) is 0 Å². The molecule has 0 aliphatic heterocycles. The number of aryl methyl sites for hydroxylation is 1. The van der Waals surface area contributed by atoms with Crippen LogP contribution in [0.5, 0.6) is 0 Å². The monoisotopic (exact) mass is 239 g/mol. The second-order valence-electron chi connectivity index (χ2n) is 3.30. The Morgan fingerprint density at radius 3 is 3.12 bits per heavy atom. The predicted molar refractivity (Wildman–Crippen MR) is 63.6 cm³/mol. The summed E-state index contributed by atoms with van der Waals surface area (Å²) in [7, 11) is 0. The van der Waals surface area contributed by atoms with Crippen molar-refractivity contribution in [3.8, 4) is 12.3 Å². The number of carbonyl (C=O) groups is 1. The first-order valence-corrected chi connectivity index (χ1v) is 5.47. The van der Waals surface area contributed by atoms with Gasteiger partial charge in [0.1, 0.15) is 5.69 Å². The molecule has 4 nitrogen and oxygen atoms in total. The standard InChI is InChI=1S/C11H14ClN3O/c1-3-5-13-8-10(16)11-9(12)7-14-15(11)6-4-2/h1,7,13H,4-6,8H2,2H3. The van der Waals surface area contributed by atoms with E-state index in [0.717, 1.165) is 6.42 Å². The van der Waals surface area contributed by atoms with Crippen LogP contribution in [0.15, 0.2) is 6.20 Å². The van der Waals surface area contributed by atoms with Crippen LogP contribution in [0.4, 0.5) is 0 Å². The van der Waals surface area contributed by atoms with Crippen LogP contribution in [-0.4, -0.2) is 28.7 Å². The molecule has 86 valence electrons. The zero-order valence-electron chi connectivity index (χ0n) is 9.16. The van der Waals surface area contributed by atoms with Crippen LogP contribution in [0.2, 0.25) is 5.02 Å². The quantitative estimate of drug-likeness (QED) is 0.463. The van der Waals surface area contributed by atoms with E-state index in [9.17, 15) is 4.79 Å². The molecule has 0 amide bonds. The van der Waals surface area contributed by atoms with Crippen LogP contribution in [0, 0.1) is 12.3 Å². The minimum absolute atomic E-state index is 0.0915. The number of aromatic nitrogens is 2. The van der Waals surface area contributed by atoms with Gasteiger partial charge in [0, 0.05) is 6.54 Å². The van der Waals surface area contributed by atoms with Gasteiger partial charge in [-0.25, -0.2) is 0 Å². The number of halogens is 1. The zero-order valence-corrected chi connectivity index (χ0v) is 9.92. The zero-order chi connectivity index (χ0) is 12.0. The van der Waals surface area contributed by atoms with E-state index in [2.05, 4.69) is 16.3 Å². The van der Waals surface area contributed by atoms with Gasteiger partial charge in [-0.15, -0.1) is 6.42 Å². The molecule has 0 aliphatic rings. The smallest absolute Gasteiger partial charge is 0.196 e. The van der Waals surface area contributed by atoms with Gasteiger partial charge in [-0.05, 0) is 6.42 Å². The fourth-order valence-electron chi connectivity index (χ4n) is 1.35. The Hall–Kier alpha value is -1.31. The van der Waals surface area contributed by atoms with Gasteiger partial charge >= 0.3 is 0 Å². The molecule has 0 saturated heterocycles. The van der Waals surface area contributed by atoms with Gasteiger partial charge in [0.05, 0.1) is 24.3 Å². The molecule has 0 saturated carbocycles. The van der Waals surface area contributed by atoms with Crippen molar-refractivity contribution in [3.05, 3.63) is 16.9 Å². The third-order valence-corrected chi connectivity index (χ3v) is 2.28. The molecule has 0 atom stereocenters. The number of hydrogen-bond acceptors (Lipinski definition) is 3. The Morgan fingerprint density at radius 2 is 2.50 bits per heavy atom. The highest BCUT2D eigenvalue weighted by atomic mass is 35.5. The molecule has 1 rings (SSSR count). The topological polar surface area (TPSA) is 46.9 Å². The molecule has 1 aromatic heterocycles. The first kappa shape index (κ1) is 12.8. The fraction of sp³-hybridized carbons (Fsp3) is 0.455. The average molecular weight is 240 g/mol. The van der Waals surface area contributed by atoms with Crippen LogP contribution in [0.1, 0.15) is 23.8 Å². The van der Waals surface area contributed by atoms with Gasteiger partial charge in [0.2, 0.25) is 0 Å². The molecule has 0 bridgehead atoms. The largest absolute Gasteiger partial charge is 0.299 e. The Bertz CT molecular complexity index is 406. The molecule has 1 aromatic rings. The van der Waals surface area contributed by atoms with Crippen molar-refractivity contribution < 1.29 is 4.79 Å². The lowest BCUT2D eigenvalue weighted by Gasteiger charge is -2.05. The summed E-state index contributed by atoms with van der Waals surface area (Å²) >= 11 is 5.92. The Balaban J connectivity index is 2.73. The van der Waals surface area contributed by atoms with Gasteiger partial charge in [-0.3, -0.25) is 14.8 Å². The molecular weight excluding hydrogens is 226 g/mol. The maximum atomic E-state index is 11.8. The van der Waals surface area contributed by atoms with Crippen molar-refractivity contribution in [2.24, 2.45) is 0 Å². The highest BCUT2D eigenvalue weighted by Crippen LogP contribution is 2.15. The number of carbonyl (C=O) groups excluding carboxylic acids is 1. The number of nitrogens with zero attached hydrogens (tertiary/aromatic N) is 2. The summed E-state index contributed by atoms with van der Waals surface area (Å²) in [5.41, 5.74) is 0.452. The minimum atomic E-state index is -0.0915. The summed E-state index contributed by atoms with van der Waals surface area (Å²) in [4.78, 5) is 11.8. The molecule has 0 aromatic carbocycles. The third kappa shape index (κ3) is 3.09. The summed E-state index contributed by atoms with van der Waals surface area (Å²) in [6.07, 6.45) is 7.46. The van der Waals surface area contributed by atoms with Crippen LogP contribution in [-0.2, 0) is 6.54 Å². The van der Waals surface area contributed by atoms with Crippen molar-refractivity contribution in [3.63, 3.8) is 0 Å². The third-order valence-electron chi connectivity index (χ3n) is 2.01. The van der Waals surface area contributed by atoms with Crippen molar-refractivity contribution in [2.75, 3.05) is 13.1 Å². The highest BCUT2D eigenvalue weighted by Gasteiger charge is 2.16. The SMILES string of the molecule is C#CCNCC(=O)c1c(Cl)cnn1CCC. The van der Waals surface area contributed by atoms with Gasteiger partial charge in [-0.1, -0.05) is 24.4 Å². The van der Waals surface area contributed by atoms with E-state index >= 15 is 0 Å². The van der Waals surface area contributed by atoms with Crippen molar-refractivity contribution in [1.29, 1.82) is 0 Å². The second-order valence-corrected chi connectivity index (χ2v) is 3.70. The molecule has 0 fully saturated rings. The molecule has 0 radical (unpaired) electrons. The van der Waals surface area contributed by atoms with E-state index in [0.29, 0.717) is 23.8 Å². The first-order chi connectivity index (χ1) is 7.70. The summed E-state index contributed by atoms with van der Waals surface area (Å²) in [6, 6.07) is 0. The number of terminal acetylenes is 1. The van der Waals surface area contributed by atoms with E-state index in [-0.39, 0.29) is 12.3 Å². The van der Waals surface area contributed by atoms with E-state index in [1.165, 1.54) is 6.20 Å². The first-order valence-electron chi connectivity index (χ1n) is 5.09. The maximum Gasteiger partial charge on any atom is 0.196 e. The lowest BCUT2D eigenvalue weighted by molar-refractivity contribution is 0.0982. The minimum Gasteiger partial charge on any atom is -0.299 e. The molecular formula is C11H14ClN3O. The number of ketones is 1. The normalized spacial score (nSPS) is 10.1. The van der Waals surface area contributed by atoms with Gasteiger partial charge in [0.15, 0.2) is 5.78 Å². The van der Waals surface area contributed by atoms with E-state index in [1.54, 1.807) is 4.68 Å². The number of nitrogens with one attached hydrogen (secondary N) is 1. The van der Waals surface area contributed by atoms with Crippen molar-refractivity contribution in [2.45, 2.75) is 19.9 Å². The summed E-state index contributed by atoms with van der Waals surface area (Å²) in [5.74, 6) is 2.31. The number of Topliss-reactive ketones (excluding diaryl/α,β-unsaturated/α-hetero) is 1. The fourth-order valence-corrected chi connectivity index (χ4v) is 1.60. The Kier molecular flexibility index (Phi) is 5.03. The Morgan fingerprint density at radius 1 is 1.75 bits per heavy atom. The van der Waals surface area contributed by atoms with Crippen LogP contribution < -0.4 is 5.32 Å². The molecule has 1 N–H and O–H groups in total. The van der Waals surface area contributed by atoms with Crippen LogP contribution in [0.25, 0.3) is 0 Å². The van der Waals surface area contributed by atoms with Crippen molar-refractivity contribution in [1.82, 2.24) is 15.1 Å². The molecule has 5 heteroatoms. The Labute approximate surface area is 100.0 Å². The summed E-state index contributed by atoms with van der Waals surface area (Å²) < 4.78 is 1.63. The second kappa shape index (κ2) is 6.31. The van der Waals surface area contributed by atoms with Crippen LogP contribution >= 0.6 is 11.6 Å². The predicted octanol–water partition coefficient (Wildman–Crippen LogP) is 1.35. The number of hydrogen-bond donors (Lipinski definition) is 1. The summed E-state index contributed by atoms with van der Waals surface area (Å²) in [5, 5.41) is 7.27. The highest BCUT2D eigenvalue weighted by molar-refractivity contribution is 6.33. The van der Waals surface area contributed by atoms with Gasteiger partial charge < -0.3 is 0 Å². The number of rotatable bonds is 6. The molecule has 0 unspecified atom stereocenters. The van der Waals surface area contributed by atoms with E-state index < -0.39 is 0 Å².